The summed E-state index contributed by atoms with van der Waals surface area (Å²) in [6.07, 6.45) is -7.48. The molecule has 7 rings (SSSR count). The lowest BCUT2D eigenvalue weighted by atomic mass is 9.50. The van der Waals surface area contributed by atoms with Crippen molar-refractivity contribution >= 4 is 11.9 Å². The Kier molecular flexibility index (Phi) is 4.48. The second-order valence-corrected chi connectivity index (χ2v) is 12.6. The molecule has 10 nitrogen and oxygen atoms in total. The predicted octanol–water partition coefficient (Wildman–Crippen LogP) is 0.647. The maximum atomic E-state index is 13.5. The number of rotatable bonds is 3. The van der Waals surface area contributed by atoms with E-state index in [1.54, 1.807) is 0 Å². The topological polar surface area (TPSA) is 141 Å². The summed E-state index contributed by atoms with van der Waals surface area (Å²) in [4.78, 5) is 26.2. The van der Waals surface area contributed by atoms with E-state index in [2.05, 4.69) is 0 Å². The summed E-state index contributed by atoms with van der Waals surface area (Å²) in [6.45, 7) is 7.65. The van der Waals surface area contributed by atoms with Gasteiger partial charge in [-0.2, -0.15) is 0 Å². The van der Waals surface area contributed by atoms with Crippen LogP contribution in [0.3, 0.4) is 0 Å². The van der Waals surface area contributed by atoms with Crippen LogP contribution in [0, 0.1) is 28.1 Å². The van der Waals surface area contributed by atoms with Gasteiger partial charge in [0.15, 0.2) is 29.7 Å². The van der Waals surface area contributed by atoms with Crippen molar-refractivity contribution in [3.05, 3.63) is 35.9 Å². The van der Waals surface area contributed by atoms with Crippen molar-refractivity contribution in [2.45, 2.75) is 88.9 Å². The van der Waals surface area contributed by atoms with Crippen LogP contribution in [0.2, 0.25) is 0 Å². The van der Waals surface area contributed by atoms with E-state index in [-0.39, 0.29) is 12.5 Å². The SMILES string of the molecule is C[C@@H]1C(=O)OC2[C@H](O)C34C5C[C@@H](C(C)(C)C)C36C(OC(=O)[C@@H]6OCc3ccccc3)OC4(C(O)O5)[C@]21O. The van der Waals surface area contributed by atoms with E-state index in [0.29, 0.717) is 6.42 Å². The predicted molar refractivity (Wildman–Crippen MR) is 122 cm³/mol. The molecular weight excluding hydrogens is 484 g/mol. The molecule has 2 spiro atoms. The molecule has 1 aromatic rings. The molecule has 2 aliphatic carbocycles. The van der Waals surface area contributed by atoms with Gasteiger partial charge in [0, 0.05) is 0 Å². The fourth-order valence-electron chi connectivity index (χ4n) is 9.27. The number of carbonyl (C=O) groups excluding carboxylic acids is 2. The third-order valence-corrected chi connectivity index (χ3v) is 10.4. The fraction of sp³-hybridized carbons (Fsp3) is 0.704. The molecule has 12 atom stereocenters. The van der Waals surface area contributed by atoms with E-state index in [1.807, 2.05) is 51.1 Å². The van der Waals surface area contributed by atoms with Crippen molar-refractivity contribution < 1.29 is 48.6 Å². The Labute approximate surface area is 213 Å². The zero-order valence-corrected chi connectivity index (χ0v) is 21.1. The van der Waals surface area contributed by atoms with Crippen LogP contribution in [0.15, 0.2) is 30.3 Å². The number of aliphatic hydroxyl groups is 3. The highest BCUT2D eigenvalue weighted by molar-refractivity contribution is 5.82. The van der Waals surface area contributed by atoms with Gasteiger partial charge in [-0.3, -0.25) is 4.79 Å². The van der Waals surface area contributed by atoms with Crippen LogP contribution in [0.25, 0.3) is 0 Å². The molecule has 4 heterocycles. The number of fused-ring (bicyclic) bond motifs is 1. The van der Waals surface area contributed by atoms with Gasteiger partial charge >= 0.3 is 11.9 Å². The van der Waals surface area contributed by atoms with Crippen LogP contribution >= 0.6 is 0 Å². The van der Waals surface area contributed by atoms with Gasteiger partial charge in [-0.1, -0.05) is 51.1 Å². The third kappa shape index (κ3) is 2.21. The summed E-state index contributed by atoms with van der Waals surface area (Å²) >= 11 is 0. The molecule has 10 heteroatoms. The lowest BCUT2D eigenvalue weighted by Crippen LogP contribution is -2.68. The van der Waals surface area contributed by atoms with E-state index in [1.165, 1.54) is 6.92 Å². The first kappa shape index (κ1) is 24.0. The molecule has 37 heavy (non-hydrogen) atoms. The van der Waals surface area contributed by atoms with E-state index in [0.717, 1.165) is 5.56 Å². The molecule has 6 fully saturated rings. The summed E-state index contributed by atoms with van der Waals surface area (Å²) in [5.74, 6) is -2.82. The van der Waals surface area contributed by atoms with Crippen LogP contribution in [-0.2, 0) is 39.9 Å². The van der Waals surface area contributed by atoms with Gasteiger partial charge in [-0.05, 0) is 30.2 Å². The first-order valence-corrected chi connectivity index (χ1v) is 12.9. The Morgan fingerprint density at radius 3 is 2.46 bits per heavy atom. The number of carbonyl (C=O) groups is 2. The molecule has 4 aliphatic heterocycles. The Morgan fingerprint density at radius 2 is 1.78 bits per heavy atom. The Hall–Kier alpha value is -2.08. The lowest BCUT2D eigenvalue weighted by molar-refractivity contribution is -0.293. The van der Waals surface area contributed by atoms with Crippen molar-refractivity contribution in [3.63, 3.8) is 0 Å². The number of esters is 2. The van der Waals surface area contributed by atoms with Crippen LogP contribution in [0.1, 0.15) is 39.7 Å². The average molecular weight is 517 g/mol. The minimum Gasteiger partial charge on any atom is -0.456 e. The average Bonchev–Trinajstić information content (AvgIpc) is 3.55. The number of hydrogen-bond donors (Lipinski definition) is 3. The third-order valence-electron chi connectivity index (χ3n) is 10.4. The van der Waals surface area contributed by atoms with Crippen molar-refractivity contribution in [1.29, 1.82) is 0 Å². The van der Waals surface area contributed by atoms with E-state index < -0.39 is 82.3 Å². The first-order valence-electron chi connectivity index (χ1n) is 12.9. The summed E-state index contributed by atoms with van der Waals surface area (Å²) in [6, 6.07) is 9.37. The number of benzene rings is 1. The van der Waals surface area contributed by atoms with Crippen LogP contribution in [0.5, 0.6) is 0 Å². The molecule has 0 radical (unpaired) electrons. The highest BCUT2D eigenvalue weighted by atomic mass is 16.8. The molecule has 7 unspecified atom stereocenters. The van der Waals surface area contributed by atoms with Crippen molar-refractivity contribution in [2.24, 2.45) is 28.1 Å². The first-order chi connectivity index (χ1) is 17.4. The van der Waals surface area contributed by atoms with Crippen LogP contribution in [0.4, 0.5) is 0 Å². The quantitative estimate of drug-likeness (QED) is 0.490. The van der Waals surface area contributed by atoms with Crippen molar-refractivity contribution in [3.8, 4) is 0 Å². The molecule has 0 bridgehead atoms. The van der Waals surface area contributed by atoms with Crippen LogP contribution < -0.4 is 0 Å². The Balaban J connectivity index is 1.47. The maximum absolute atomic E-state index is 13.5. The second-order valence-electron chi connectivity index (χ2n) is 12.6. The molecule has 0 amide bonds. The monoisotopic (exact) mass is 516 g/mol. The Morgan fingerprint density at radius 1 is 1.08 bits per heavy atom. The fourth-order valence-corrected chi connectivity index (χ4v) is 9.27. The number of hydrogen-bond acceptors (Lipinski definition) is 10. The van der Waals surface area contributed by atoms with E-state index in [4.69, 9.17) is 23.7 Å². The summed E-state index contributed by atoms with van der Waals surface area (Å²) in [5, 5.41) is 35.8. The standard InChI is InChI=1S/C27H32O10/c1-12-19(29)35-17-16(28)25-15-10-14(23(2,3)4)24(25)18(33-11-13-8-6-5-7-9-13)20(30)36-22(24)37-27(25,21(31)34-15)26(12,17)32/h5-9,12,14-18,21-22,28,31-32H,10-11H2,1-4H3/t12-,14+,15?,16+,17?,18+,21?,22?,24?,25?,26-,27?/m1/s1. The minimum atomic E-state index is -2.13. The highest BCUT2D eigenvalue weighted by Gasteiger charge is 3.02. The summed E-state index contributed by atoms with van der Waals surface area (Å²) < 4.78 is 30.3. The molecule has 6 aliphatic rings. The Bertz CT molecular complexity index is 1180. The number of aliphatic hydroxyl groups excluding tert-OH is 2. The zero-order chi connectivity index (χ0) is 26.3. The largest absolute Gasteiger partial charge is 0.456 e. The molecule has 0 aromatic heterocycles. The molecule has 4 saturated heterocycles. The minimum absolute atomic E-state index is 0.0955. The number of ether oxygens (including phenoxy) is 5. The molecule has 1 aromatic carbocycles. The van der Waals surface area contributed by atoms with Gasteiger partial charge in [-0.15, -0.1) is 0 Å². The van der Waals surface area contributed by atoms with Gasteiger partial charge in [0.2, 0.25) is 6.29 Å². The second kappa shape index (κ2) is 6.91. The smallest absolute Gasteiger partial charge is 0.338 e. The van der Waals surface area contributed by atoms with Crippen molar-refractivity contribution in [1.82, 2.24) is 0 Å². The molecule has 200 valence electrons. The maximum Gasteiger partial charge on any atom is 0.338 e. The van der Waals surface area contributed by atoms with Crippen LogP contribution in [-0.4, -0.2) is 75.5 Å². The van der Waals surface area contributed by atoms with Gasteiger partial charge in [0.1, 0.15) is 6.10 Å². The summed E-state index contributed by atoms with van der Waals surface area (Å²) in [7, 11) is 0. The normalized spacial score (nSPS) is 53.1. The zero-order valence-electron chi connectivity index (χ0n) is 21.1. The van der Waals surface area contributed by atoms with E-state index in [9.17, 15) is 24.9 Å². The van der Waals surface area contributed by atoms with E-state index >= 15 is 0 Å². The highest BCUT2D eigenvalue weighted by Crippen LogP contribution is 2.85. The van der Waals surface area contributed by atoms with Gasteiger partial charge < -0.3 is 39.0 Å². The van der Waals surface area contributed by atoms with Crippen molar-refractivity contribution in [2.75, 3.05) is 0 Å². The van der Waals surface area contributed by atoms with Gasteiger partial charge in [-0.25, -0.2) is 4.79 Å². The molecular formula is C27H32O10. The van der Waals surface area contributed by atoms with Gasteiger partial charge in [0.25, 0.3) is 0 Å². The summed E-state index contributed by atoms with van der Waals surface area (Å²) in [5.41, 5.74) is -6.62. The van der Waals surface area contributed by atoms with Gasteiger partial charge in [0.05, 0.1) is 29.5 Å². The molecule has 2 saturated carbocycles. The lowest BCUT2D eigenvalue weighted by Gasteiger charge is -2.49. The molecule has 3 N–H and O–H groups in total.